The first kappa shape index (κ1) is 13.5. The van der Waals surface area contributed by atoms with E-state index in [1.165, 1.54) is 19.2 Å². The lowest BCUT2D eigenvalue weighted by Crippen LogP contribution is -2.24. The summed E-state index contributed by atoms with van der Waals surface area (Å²) in [5.74, 6) is -2.10. The zero-order valence-electron chi connectivity index (χ0n) is 10.4. The van der Waals surface area contributed by atoms with Crippen molar-refractivity contribution in [2.24, 2.45) is 7.05 Å². The first-order valence-corrected chi connectivity index (χ1v) is 5.57. The summed E-state index contributed by atoms with van der Waals surface area (Å²) in [6.07, 6.45) is 0. The topological polar surface area (TPSA) is 98.5 Å². The van der Waals surface area contributed by atoms with E-state index in [0.717, 1.165) is 10.6 Å². The van der Waals surface area contributed by atoms with Crippen LogP contribution in [0.4, 0.5) is 0 Å². The summed E-state index contributed by atoms with van der Waals surface area (Å²) in [5, 5.41) is 8.82. The molecule has 0 atom stereocenters. The lowest BCUT2D eigenvalue weighted by Gasteiger charge is -2.07. The molecule has 1 aromatic heterocycles. The van der Waals surface area contributed by atoms with Crippen LogP contribution < -0.4 is 10.3 Å². The molecule has 102 valence electrons. The number of nitrogens with zero attached hydrogens (tertiary/aromatic N) is 2. The number of esters is 1. The maximum atomic E-state index is 11.8. The van der Waals surface area contributed by atoms with E-state index in [4.69, 9.17) is 9.84 Å². The maximum Gasteiger partial charge on any atom is 0.354 e. The third kappa shape index (κ3) is 2.72. The van der Waals surface area contributed by atoms with Gasteiger partial charge >= 0.3 is 17.9 Å². The molecular formula is C13H10N2O5. The van der Waals surface area contributed by atoms with Gasteiger partial charge in [-0.05, 0) is 12.1 Å². The van der Waals surface area contributed by atoms with Gasteiger partial charge in [-0.15, -0.1) is 0 Å². The second kappa shape index (κ2) is 5.35. The average molecular weight is 274 g/mol. The lowest BCUT2D eigenvalue weighted by atomic mass is 10.2. The van der Waals surface area contributed by atoms with E-state index in [-0.39, 0.29) is 11.6 Å². The molecule has 0 fully saturated rings. The number of ether oxygens (including phenoxy) is 1. The van der Waals surface area contributed by atoms with Gasteiger partial charge in [0.05, 0.1) is 5.56 Å². The molecule has 0 saturated heterocycles. The summed E-state index contributed by atoms with van der Waals surface area (Å²) < 4.78 is 5.90. The second-order valence-electron chi connectivity index (χ2n) is 3.88. The van der Waals surface area contributed by atoms with Gasteiger partial charge in [-0.3, -0.25) is 9.36 Å². The molecule has 1 heterocycles. The highest BCUT2D eigenvalue weighted by molar-refractivity contribution is 5.90. The Balaban J connectivity index is 2.36. The third-order valence-electron chi connectivity index (χ3n) is 2.51. The Bertz CT molecular complexity index is 721. The Hall–Kier alpha value is -2.96. The van der Waals surface area contributed by atoms with Crippen molar-refractivity contribution in [3.8, 4) is 6.01 Å². The van der Waals surface area contributed by atoms with E-state index < -0.39 is 23.2 Å². The van der Waals surface area contributed by atoms with Gasteiger partial charge in [0.1, 0.15) is 0 Å². The maximum absolute atomic E-state index is 11.8. The Morgan fingerprint density at radius 1 is 1.25 bits per heavy atom. The third-order valence-corrected chi connectivity index (χ3v) is 2.51. The Kier molecular flexibility index (Phi) is 3.60. The van der Waals surface area contributed by atoms with Crippen molar-refractivity contribution >= 4 is 11.9 Å². The molecule has 0 aliphatic rings. The fourth-order valence-corrected chi connectivity index (χ4v) is 1.44. The van der Waals surface area contributed by atoms with Crippen LogP contribution in [0.3, 0.4) is 0 Å². The van der Waals surface area contributed by atoms with Crippen molar-refractivity contribution in [1.29, 1.82) is 0 Å². The number of carbonyl (C=O) groups excluding carboxylic acids is 1. The van der Waals surface area contributed by atoms with Crippen LogP contribution in [0.2, 0.25) is 0 Å². The smallest absolute Gasteiger partial charge is 0.354 e. The highest BCUT2D eigenvalue weighted by Crippen LogP contribution is 2.08. The number of carbonyl (C=O) groups is 2. The summed E-state index contributed by atoms with van der Waals surface area (Å²) in [7, 11) is 1.33. The summed E-state index contributed by atoms with van der Waals surface area (Å²) in [6, 6.07) is 8.57. The largest absolute Gasteiger partial charge is 0.477 e. The molecule has 0 radical (unpaired) electrons. The number of rotatable bonds is 3. The quantitative estimate of drug-likeness (QED) is 0.827. The fraction of sp³-hybridized carbons (Fsp3) is 0.0769. The van der Waals surface area contributed by atoms with Crippen molar-refractivity contribution in [1.82, 2.24) is 9.55 Å². The first-order chi connectivity index (χ1) is 9.49. The average Bonchev–Trinajstić information content (AvgIpc) is 2.44. The van der Waals surface area contributed by atoms with Crippen LogP contribution in [-0.4, -0.2) is 26.6 Å². The number of benzene rings is 1. The van der Waals surface area contributed by atoms with Crippen LogP contribution in [0.25, 0.3) is 0 Å². The van der Waals surface area contributed by atoms with Crippen molar-refractivity contribution in [3.05, 3.63) is 58.0 Å². The number of hydrogen-bond donors (Lipinski definition) is 1. The number of aromatic nitrogens is 2. The molecule has 1 N–H and O–H groups in total. The van der Waals surface area contributed by atoms with Gasteiger partial charge in [0.2, 0.25) is 0 Å². The standard InChI is InChI=1S/C13H10N2O5/c1-15-10(16)7-9(11(17)18)14-13(15)20-12(19)8-5-3-2-4-6-8/h2-7H,1H3,(H,17,18). The Labute approximate surface area is 113 Å². The van der Waals surface area contributed by atoms with E-state index in [1.54, 1.807) is 18.2 Å². The summed E-state index contributed by atoms with van der Waals surface area (Å²) in [6.45, 7) is 0. The molecule has 7 nitrogen and oxygen atoms in total. The van der Waals surface area contributed by atoms with E-state index in [2.05, 4.69) is 4.98 Å². The molecule has 7 heteroatoms. The SMILES string of the molecule is Cn1c(OC(=O)c2ccccc2)nc(C(=O)O)cc1=O. The van der Waals surface area contributed by atoms with Gasteiger partial charge in [-0.2, -0.15) is 4.98 Å². The van der Waals surface area contributed by atoms with Crippen molar-refractivity contribution in [3.63, 3.8) is 0 Å². The van der Waals surface area contributed by atoms with Crippen LogP contribution in [0.1, 0.15) is 20.8 Å². The van der Waals surface area contributed by atoms with Gasteiger partial charge in [-0.1, -0.05) is 18.2 Å². The highest BCUT2D eigenvalue weighted by atomic mass is 16.6. The molecule has 20 heavy (non-hydrogen) atoms. The van der Waals surface area contributed by atoms with E-state index in [1.807, 2.05) is 0 Å². The van der Waals surface area contributed by atoms with Crippen LogP contribution >= 0.6 is 0 Å². The normalized spacial score (nSPS) is 10.1. The molecule has 0 spiro atoms. The van der Waals surface area contributed by atoms with Gasteiger partial charge in [0.25, 0.3) is 5.56 Å². The molecule has 0 bridgehead atoms. The number of hydrogen-bond acceptors (Lipinski definition) is 5. The summed E-state index contributed by atoms with van der Waals surface area (Å²) in [5.41, 5.74) is -0.847. The van der Waals surface area contributed by atoms with Crippen molar-refractivity contribution < 1.29 is 19.4 Å². The monoisotopic (exact) mass is 274 g/mol. The van der Waals surface area contributed by atoms with Crippen LogP contribution in [-0.2, 0) is 7.05 Å². The zero-order valence-corrected chi connectivity index (χ0v) is 10.4. The predicted octanol–water partition coefficient (Wildman–Crippen LogP) is 0.698. The Morgan fingerprint density at radius 3 is 2.50 bits per heavy atom. The van der Waals surface area contributed by atoms with E-state index >= 15 is 0 Å². The molecular weight excluding hydrogens is 264 g/mol. The summed E-state index contributed by atoms with van der Waals surface area (Å²) in [4.78, 5) is 37.8. The van der Waals surface area contributed by atoms with Crippen molar-refractivity contribution in [2.45, 2.75) is 0 Å². The zero-order chi connectivity index (χ0) is 14.7. The number of carboxylic acids is 1. The van der Waals surface area contributed by atoms with Gasteiger partial charge in [-0.25, -0.2) is 9.59 Å². The van der Waals surface area contributed by atoms with E-state index in [9.17, 15) is 14.4 Å². The second-order valence-corrected chi connectivity index (χ2v) is 3.88. The summed E-state index contributed by atoms with van der Waals surface area (Å²) >= 11 is 0. The number of carboxylic acid groups (broad SMARTS) is 1. The van der Waals surface area contributed by atoms with Gasteiger partial charge < -0.3 is 9.84 Å². The Morgan fingerprint density at radius 2 is 1.90 bits per heavy atom. The molecule has 0 aliphatic heterocycles. The van der Waals surface area contributed by atoms with Gasteiger partial charge in [0.15, 0.2) is 5.69 Å². The molecule has 2 aromatic rings. The lowest BCUT2D eigenvalue weighted by molar-refractivity contribution is 0.0667. The minimum Gasteiger partial charge on any atom is -0.477 e. The molecule has 2 rings (SSSR count). The van der Waals surface area contributed by atoms with E-state index in [0.29, 0.717) is 0 Å². The first-order valence-electron chi connectivity index (χ1n) is 5.57. The van der Waals surface area contributed by atoms with Crippen molar-refractivity contribution in [2.75, 3.05) is 0 Å². The minimum atomic E-state index is -1.38. The molecule has 1 aromatic carbocycles. The number of aromatic carboxylic acids is 1. The highest BCUT2D eigenvalue weighted by Gasteiger charge is 2.16. The predicted molar refractivity (Wildman–Crippen MR) is 67.8 cm³/mol. The molecule has 0 saturated carbocycles. The minimum absolute atomic E-state index is 0.266. The van der Waals surface area contributed by atoms with Gasteiger partial charge in [0, 0.05) is 13.1 Å². The fourth-order valence-electron chi connectivity index (χ4n) is 1.44. The molecule has 0 unspecified atom stereocenters. The van der Waals surface area contributed by atoms with Crippen LogP contribution in [0, 0.1) is 0 Å². The molecule has 0 amide bonds. The van der Waals surface area contributed by atoms with Crippen LogP contribution in [0.5, 0.6) is 6.01 Å². The van der Waals surface area contributed by atoms with Crippen LogP contribution in [0.15, 0.2) is 41.2 Å². The molecule has 0 aliphatic carbocycles.